The zero-order valence-corrected chi connectivity index (χ0v) is 25.0. The first-order chi connectivity index (χ1) is 18.5. The summed E-state index contributed by atoms with van der Waals surface area (Å²) >= 11 is 0. The first kappa shape index (κ1) is 27.5. The molecule has 4 aliphatic carbocycles. The first-order valence-electron chi connectivity index (χ1n) is 16.2. The van der Waals surface area contributed by atoms with Gasteiger partial charge in [0.15, 0.2) is 5.60 Å². The molecule has 0 spiro atoms. The fourth-order valence-electron chi connectivity index (χ4n) is 11.1. The van der Waals surface area contributed by atoms with Crippen LogP contribution < -0.4 is 5.32 Å². The van der Waals surface area contributed by atoms with Crippen molar-refractivity contribution in [3.63, 3.8) is 0 Å². The maximum absolute atomic E-state index is 13.6. The molecule has 4 saturated carbocycles. The van der Waals surface area contributed by atoms with Crippen LogP contribution in [0.3, 0.4) is 0 Å². The van der Waals surface area contributed by atoms with Gasteiger partial charge in [-0.15, -0.1) is 0 Å². The van der Waals surface area contributed by atoms with Gasteiger partial charge in [-0.1, -0.05) is 72.1 Å². The molecule has 1 heterocycles. The van der Waals surface area contributed by atoms with Crippen molar-refractivity contribution in [2.45, 2.75) is 111 Å². The number of amides is 1. The molecule has 2 N–H and O–H groups in total. The number of para-hydroxylation sites is 1. The molecule has 10 atom stereocenters. The Hall–Kier alpha value is -1.68. The van der Waals surface area contributed by atoms with E-state index in [0.29, 0.717) is 47.3 Å². The number of nitrogens with one attached hydrogen (secondary N) is 1. The second kappa shape index (κ2) is 9.71. The summed E-state index contributed by atoms with van der Waals surface area (Å²) in [6.07, 6.45) is 12.9. The highest BCUT2D eigenvalue weighted by Crippen LogP contribution is 2.69. The monoisotopic (exact) mass is 533 g/mol. The van der Waals surface area contributed by atoms with Gasteiger partial charge in [0.25, 0.3) is 5.91 Å². The highest BCUT2D eigenvalue weighted by atomic mass is 16.3. The molecule has 0 unspecified atom stereocenters. The smallest absolute Gasteiger partial charge is 0.261 e. The predicted molar refractivity (Wildman–Crippen MR) is 156 cm³/mol. The molecule has 39 heavy (non-hydrogen) atoms. The lowest BCUT2D eigenvalue weighted by molar-refractivity contribution is -0.171. The minimum Gasteiger partial charge on any atom is -0.375 e. The van der Waals surface area contributed by atoms with E-state index in [2.05, 4.69) is 39.9 Å². The number of Topliss-reactive ketones (excluding diaryl/α,β-unsaturated/α-hetero) is 1. The summed E-state index contributed by atoms with van der Waals surface area (Å²) in [6.45, 7) is 12.3. The van der Waals surface area contributed by atoms with Crippen molar-refractivity contribution in [2.75, 3.05) is 5.32 Å². The van der Waals surface area contributed by atoms with Crippen molar-refractivity contribution in [3.8, 4) is 0 Å². The van der Waals surface area contributed by atoms with Crippen LogP contribution in [0.25, 0.3) is 0 Å². The molecule has 4 heteroatoms. The Morgan fingerprint density at radius 2 is 1.69 bits per heavy atom. The van der Waals surface area contributed by atoms with E-state index in [0.717, 1.165) is 30.1 Å². The van der Waals surface area contributed by atoms with Gasteiger partial charge < -0.3 is 10.4 Å². The van der Waals surface area contributed by atoms with Gasteiger partial charge in [0.2, 0.25) is 0 Å². The van der Waals surface area contributed by atoms with E-state index in [4.69, 9.17) is 0 Å². The number of aliphatic hydroxyl groups is 1. The van der Waals surface area contributed by atoms with Crippen molar-refractivity contribution in [2.24, 2.45) is 58.2 Å². The van der Waals surface area contributed by atoms with Gasteiger partial charge in [0.1, 0.15) is 5.78 Å². The molecule has 1 aliphatic heterocycles. The van der Waals surface area contributed by atoms with Crippen molar-refractivity contribution in [3.05, 3.63) is 29.8 Å². The third kappa shape index (κ3) is 4.09. The van der Waals surface area contributed by atoms with Gasteiger partial charge in [-0.2, -0.15) is 0 Å². The second-order valence-electron chi connectivity index (χ2n) is 15.4. The van der Waals surface area contributed by atoms with Crippen LogP contribution in [0.2, 0.25) is 0 Å². The predicted octanol–water partition coefficient (Wildman–Crippen LogP) is 7.74. The SMILES string of the molecule is CC(C)CCC[C@H](C)[C@H]1CC[C@H]2[C@@H]3CC[C@H]4CC(=O)[C@@H]([C@@]5(O)C(=O)Nc6ccccc65)C[C@]4(C)[C@H]3CC[C@]12C. The molecule has 4 fully saturated rings. The lowest BCUT2D eigenvalue weighted by Gasteiger charge is -2.62. The van der Waals surface area contributed by atoms with Crippen LogP contribution in [0.5, 0.6) is 0 Å². The minimum absolute atomic E-state index is 0.00264. The number of carbonyl (C=O) groups excluding carboxylic acids is 2. The Bertz CT molecular complexity index is 1130. The molecule has 6 rings (SSSR count). The van der Waals surface area contributed by atoms with Crippen LogP contribution in [0, 0.1) is 58.2 Å². The number of ketones is 1. The quantitative estimate of drug-likeness (QED) is 0.393. The first-order valence-corrected chi connectivity index (χ1v) is 16.2. The molecule has 1 amide bonds. The Kier molecular flexibility index (Phi) is 6.84. The number of carbonyl (C=O) groups is 2. The summed E-state index contributed by atoms with van der Waals surface area (Å²) in [6, 6.07) is 7.39. The van der Waals surface area contributed by atoms with Gasteiger partial charge in [-0.05, 0) is 103 Å². The van der Waals surface area contributed by atoms with Crippen LogP contribution in [0.15, 0.2) is 24.3 Å². The molecule has 0 aromatic heterocycles. The molecule has 0 saturated heterocycles. The van der Waals surface area contributed by atoms with Gasteiger partial charge in [0.05, 0.1) is 5.92 Å². The Morgan fingerprint density at radius 3 is 2.46 bits per heavy atom. The third-order valence-corrected chi connectivity index (χ3v) is 13.2. The van der Waals surface area contributed by atoms with Gasteiger partial charge in [-0.25, -0.2) is 0 Å². The maximum atomic E-state index is 13.6. The zero-order chi connectivity index (χ0) is 27.7. The Balaban J connectivity index is 1.24. The number of fused-ring (bicyclic) bond motifs is 6. The topological polar surface area (TPSA) is 66.4 Å². The van der Waals surface area contributed by atoms with Gasteiger partial charge >= 0.3 is 0 Å². The van der Waals surface area contributed by atoms with Crippen molar-refractivity contribution in [1.82, 2.24) is 0 Å². The van der Waals surface area contributed by atoms with E-state index in [-0.39, 0.29) is 11.2 Å². The Morgan fingerprint density at radius 1 is 0.949 bits per heavy atom. The standard InChI is InChI=1S/C35H51NO3/c1-21(2)9-8-10-22(3)25-15-16-26-24-14-13-23-19-31(37)29(20-34(23,5)27(24)17-18-33(25,26)4)35(39)28-11-6-7-12-30(28)36-32(35)38/h6-7,11-12,21-27,29,39H,8-10,13-20H2,1-5H3,(H,36,38)/t22-,23-,24-,25+,26-,27-,29-,33+,34-,35+/m0/s1. The molecule has 214 valence electrons. The van der Waals surface area contributed by atoms with Gasteiger partial charge in [0, 0.05) is 17.7 Å². The molecule has 4 nitrogen and oxygen atoms in total. The molecule has 1 aromatic carbocycles. The maximum Gasteiger partial charge on any atom is 0.261 e. The number of hydrogen-bond donors (Lipinski definition) is 2. The van der Waals surface area contributed by atoms with E-state index in [1.165, 1.54) is 51.4 Å². The number of benzene rings is 1. The lowest BCUT2D eigenvalue weighted by Crippen LogP contribution is -2.58. The number of anilines is 1. The van der Waals surface area contributed by atoms with Crippen LogP contribution in [0.1, 0.15) is 111 Å². The lowest BCUT2D eigenvalue weighted by atomic mass is 9.43. The summed E-state index contributed by atoms with van der Waals surface area (Å²) < 4.78 is 0. The number of rotatable bonds is 6. The number of hydrogen-bond acceptors (Lipinski definition) is 3. The van der Waals surface area contributed by atoms with E-state index in [1.807, 2.05) is 24.3 Å². The summed E-state index contributed by atoms with van der Waals surface area (Å²) in [4.78, 5) is 26.9. The molecular weight excluding hydrogens is 482 g/mol. The van der Waals surface area contributed by atoms with E-state index in [1.54, 1.807) is 0 Å². The van der Waals surface area contributed by atoms with Crippen LogP contribution in [-0.4, -0.2) is 16.8 Å². The van der Waals surface area contributed by atoms with Crippen molar-refractivity contribution >= 4 is 17.4 Å². The highest BCUT2D eigenvalue weighted by Gasteiger charge is 2.64. The third-order valence-electron chi connectivity index (χ3n) is 13.2. The van der Waals surface area contributed by atoms with E-state index < -0.39 is 17.4 Å². The molecule has 0 bridgehead atoms. The van der Waals surface area contributed by atoms with Crippen molar-refractivity contribution < 1.29 is 14.7 Å². The summed E-state index contributed by atoms with van der Waals surface area (Å²) in [5, 5.41) is 14.8. The second-order valence-corrected chi connectivity index (χ2v) is 15.4. The van der Waals surface area contributed by atoms with E-state index >= 15 is 0 Å². The fraction of sp³-hybridized carbons (Fsp3) is 0.771. The average molecular weight is 534 g/mol. The summed E-state index contributed by atoms with van der Waals surface area (Å²) in [7, 11) is 0. The average Bonchev–Trinajstić information content (AvgIpc) is 3.38. The van der Waals surface area contributed by atoms with Crippen LogP contribution in [-0.2, 0) is 15.2 Å². The minimum atomic E-state index is -1.75. The van der Waals surface area contributed by atoms with Gasteiger partial charge in [-0.3, -0.25) is 9.59 Å². The fourth-order valence-corrected chi connectivity index (χ4v) is 11.1. The van der Waals surface area contributed by atoms with Crippen LogP contribution in [0.4, 0.5) is 5.69 Å². The normalized spacial score (nSPS) is 43.9. The Labute approximate surface area is 236 Å². The van der Waals surface area contributed by atoms with Crippen LogP contribution >= 0.6 is 0 Å². The highest BCUT2D eigenvalue weighted by molar-refractivity contribution is 6.08. The summed E-state index contributed by atoms with van der Waals surface area (Å²) in [5.41, 5.74) is -0.0731. The molecular formula is C35H51NO3. The van der Waals surface area contributed by atoms with Crippen molar-refractivity contribution in [1.29, 1.82) is 0 Å². The van der Waals surface area contributed by atoms with E-state index in [9.17, 15) is 14.7 Å². The summed E-state index contributed by atoms with van der Waals surface area (Å²) in [5.74, 6) is 3.89. The largest absolute Gasteiger partial charge is 0.375 e. The molecule has 1 aromatic rings. The molecule has 5 aliphatic rings. The zero-order valence-electron chi connectivity index (χ0n) is 25.0. The molecule has 0 radical (unpaired) electrons.